The lowest BCUT2D eigenvalue weighted by Crippen LogP contribution is -2.45. The second-order valence-corrected chi connectivity index (χ2v) is 4.92. The topological polar surface area (TPSA) is 48.6 Å². The summed E-state index contributed by atoms with van der Waals surface area (Å²) in [6, 6.07) is 2.88. The predicted octanol–water partition coefficient (Wildman–Crippen LogP) is 2.06. The van der Waals surface area contributed by atoms with E-state index in [2.05, 4.69) is 5.32 Å². The summed E-state index contributed by atoms with van der Waals surface area (Å²) >= 11 is 0. The molecule has 1 fully saturated rings. The zero-order valence-electron chi connectivity index (χ0n) is 11.1. The summed E-state index contributed by atoms with van der Waals surface area (Å²) in [6.07, 6.45) is -5.03. The molecule has 0 bridgehead atoms. The van der Waals surface area contributed by atoms with Gasteiger partial charge in [-0.2, -0.15) is 13.2 Å². The van der Waals surface area contributed by atoms with Crippen molar-refractivity contribution in [1.29, 1.82) is 0 Å². The van der Waals surface area contributed by atoms with Crippen LogP contribution in [-0.2, 0) is 6.61 Å². The van der Waals surface area contributed by atoms with Crippen molar-refractivity contribution in [2.24, 2.45) is 0 Å². The van der Waals surface area contributed by atoms with Gasteiger partial charge in [0.05, 0.1) is 6.04 Å². The molecule has 2 heterocycles. The molecule has 1 atom stereocenters. The summed E-state index contributed by atoms with van der Waals surface area (Å²) in [5, 5.41) is 12.2. The van der Waals surface area contributed by atoms with Crippen LogP contribution in [0.1, 0.15) is 30.4 Å². The molecule has 114 valence electrons. The number of furan rings is 1. The number of piperazine rings is 1. The minimum absolute atomic E-state index is 0.0259. The van der Waals surface area contributed by atoms with Gasteiger partial charge in [-0.05, 0) is 18.6 Å². The SMILES string of the molecule is OCc1ccc([C@@H](CCC(F)(F)F)N2CCNCC2)o1. The molecule has 0 spiro atoms. The normalized spacial score (nSPS) is 19.2. The van der Waals surface area contributed by atoms with Gasteiger partial charge in [0.1, 0.15) is 18.1 Å². The standard InChI is InChI=1S/C13H19F3N2O2/c14-13(15,16)4-3-11(18-7-5-17-6-8-18)12-2-1-10(9-19)20-12/h1-2,11,17,19H,3-9H2/t11-/m1/s1. The number of aliphatic hydroxyl groups is 1. The molecule has 1 saturated heterocycles. The van der Waals surface area contributed by atoms with Crippen molar-refractivity contribution in [3.05, 3.63) is 23.7 Å². The molecule has 20 heavy (non-hydrogen) atoms. The monoisotopic (exact) mass is 292 g/mol. The van der Waals surface area contributed by atoms with Crippen LogP contribution in [0, 0.1) is 0 Å². The Labute approximate surface area is 115 Å². The molecule has 1 aliphatic heterocycles. The molecular formula is C13H19F3N2O2. The molecule has 2 rings (SSSR count). The number of nitrogens with one attached hydrogen (secondary N) is 1. The van der Waals surface area contributed by atoms with E-state index in [-0.39, 0.29) is 19.1 Å². The largest absolute Gasteiger partial charge is 0.462 e. The Morgan fingerprint density at radius 3 is 2.55 bits per heavy atom. The fourth-order valence-electron chi connectivity index (χ4n) is 2.46. The van der Waals surface area contributed by atoms with E-state index in [4.69, 9.17) is 9.52 Å². The van der Waals surface area contributed by atoms with E-state index in [0.717, 1.165) is 13.1 Å². The average molecular weight is 292 g/mol. The van der Waals surface area contributed by atoms with Crippen LogP contribution < -0.4 is 5.32 Å². The molecule has 1 aliphatic rings. The van der Waals surface area contributed by atoms with Crippen molar-refractivity contribution >= 4 is 0 Å². The first-order chi connectivity index (χ1) is 9.49. The van der Waals surface area contributed by atoms with Crippen LogP contribution >= 0.6 is 0 Å². The van der Waals surface area contributed by atoms with Gasteiger partial charge >= 0.3 is 6.18 Å². The molecule has 0 aliphatic carbocycles. The first kappa shape index (κ1) is 15.3. The Morgan fingerprint density at radius 1 is 1.30 bits per heavy atom. The lowest BCUT2D eigenvalue weighted by atomic mass is 10.1. The molecular weight excluding hydrogens is 273 g/mol. The molecule has 0 radical (unpaired) electrons. The van der Waals surface area contributed by atoms with E-state index in [0.29, 0.717) is 24.6 Å². The second kappa shape index (κ2) is 6.60. The van der Waals surface area contributed by atoms with Gasteiger partial charge in [-0.1, -0.05) is 0 Å². The highest BCUT2D eigenvalue weighted by atomic mass is 19.4. The molecule has 0 unspecified atom stereocenters. The Kier molecular flexibility index (Phi) is 5.06. The molecule has 0 saturated carbocycles. The van der Waals surface area contributed by atoms with Crippen molar-refractivity contribution in [2.75, 3.05) is 26.2 Å². The first-order valence-corrected chi connectivity index (χ1v) is 6.70. The van der Waals surface area contributed by atoms with E-state index in [1.807, 2.05) is 4.90 Å². The zero-order chi connectivity index (χ0) is 14.6. The van der Waals surface area contributed by atoms with Gasteiger partial charge < -0.3 is 14.8 Å². The number of nitrogens with zero attached hydrogens (tertiary/aromatic N) is 1. The second-order valence-electron chi connectivity index (χ2n) is 4.92. The summed E-state index contributed by atoms with van der Waals surface area (Å²) in [7, 11) is 0. The highest BCUT2D eigenvalue weighted by Gasteiger charge is 2.32. The summed E-state index contributed by atoms with van der Waals surface area (Å²) in [4.78, 5) is 2.00. The van der Waals surface area contributed by atoms with Crippen molar-refractivity contribution in [3.63, 3.8) is 0 Å². The van der Waals surface area contributed by atoms with Gasteiger partial charge in [0, 0.05) is 32.6 Å². The van der Waals surface area contributed by atoms with Crippen LogP contribution in [0.2, 0.25) is 0 Å². The van der Waals surface area contributed by atoms with Crippen molar-refractivity contribution in [3.8, 4) is 0 Å². The minimum Gasteiger partial charge on any atom is -0.462 e. The van der Waals surface area contributed by atoms with Crippen LogP contribution in [-0.4, -0.2) is 42.4 Å². The Balaban J connectivity index is 2.09. The fourth-order valence-corrected chi connectivity index (χ4v) is 2.46. The van der Waals surface area contributed by atoms with Gasteiger partial charge in [-0.25, -0.2) is 0 Å². The van der Waals surface area contributed by atoms with Crippen LogP contribution in [0.5, 0.6) is 0 Å². The van der Waals surface area contributed by atoms with E-state index in [9.17, 15) is 13.2 Å². The van der Waals surface area contributed by atoms with Crippen LogP contribution in [0.3, 0.4) is 0 Å². The molecule has 4 nitrogen and oxygen atoms in total. The number of hydrogen-bond donors (Lipinski definition) is 2. The summed E-state index contributed by atoms with van der Waals surface area (Å²) in [5.41, 5.74) is 0. The maximum atomic E-state index is 12.5. The smallest absolute Gasteiger partial charge is 0.389 e. The predicted molar refractivity (Wildman–Crippen MR) is 67.1 cm³/mol. The van der Waals surface area contributed by atoms with Crippen molar-refractivity contribution in [1.82, 2.24) is 10.2 Å². The number of rotatable bonds is 5. The number of aliphatic hydroxyl groups excluding tert-OH is 1. The molecule has 0 amide bonds. The number of alkyl halides is 3. The van der Waals surface area contributed by atoms with E-state index in [1.165, 1.54) is 0 Å². The van der Waals surface area contributed by atoms with Crippen LogP contribution in [0.4, 0.5) is 13.2 Å². The number of hydrogen-bond acceptors (Lipinski definition) is 4. The lowest BCUT2D eigenvalue weighted by molar-refractivity contribution is -0.139. The van der Waals surface area contributed by atoms with E-state index >= 15 is 0 Å². The Hall–Kier alpha value is -1.05. The van der Waals surface area contributed by atoms with E-state index < -0.39 is 12.6 Å². The molecule has 7 heteroatoms. The lowest BCUT2D eigenvalue weighted by Gasteiger charge is -2.34. The quantitative estimate of drug-likeness (QED) is 0.872. The summed E-state index contributed by atoms with van der Waals surface area (Å²) in [6.45, 7) is 2.66. The van der Waals surface area contributed by atoms with Gasteiger partial charge in [0.2, 0.25) is 0 Å². The molecule has 1 aromatic heterocycles. The van der Waals surface area contributed by atoms with Gasteiger partial charge in [0.25, 0.3) is 0 Å². The zero-order valence-corrected chi connectivity index (χ0v) is 11.1. The Bertz CT molecular complexity index is 414. The van der Waals surface area contributed by atoms with Gasteiger partial charge in [0.15, 0.2) is 0 Å². The highest BCUT2D eigenvalue weighted by Crippen LogP contribution is 2.32. The Morgan fingerprint density at radius 2 is 2.00 bits per heavy atom. The molecule has 1 aromatic rings. The third kappa shape index (κ3) is 4.22. The fraction of sp³-hybridized carbons (Fsp3) is 0.692. The summed E-state index contributed by atoms with van der Waals surface area (Å²) in [5.74, 6) is 0.882. The van der Waals surface area contributed by atoms with Gasteiger partial charge in [-0.15, -0.1) is 0 Å². The first-order valence-electron chi connectivity index (χ1n) is 6.70. The minimum atomic E-state index is -4.17. The average Bonchev–Trinajstić information content (AvgIpc) is 2.88. The molecule has 0 aromatic carbocycles. The number of halogens is 3. The third-order valence-corrected chi connectivity index (χ3v) is 3.46. The maximum absolute atomic E-state index is 12.5. The molecule has 2 N–H and O–H groups in total. The van der Waals surface area contributed by atoms with Gasteiger partial charge in [-0.3, -0.25) is 4.90 Å². The van der Waals surface area contributed by atoms with Crippen molar-refractivity contribution < 1.29 is 22.7 Å². The van der Waals surface area contributed by atoms with Crippen LogP contribution in [0.25, 0.3) is 0 Å². The van der Waals surface area contributed by atoms with Crippen LogP contribution in [0.15, 0.2) is 16.5 Å². The van der Waals surface area contributed by atoms with Crippen molar-refractivity contribution in [2.45, 2.75) is 31.7 Å². The maximum Gasteiger partial charge on any atom is 0.389 e. The highest BCUT2D eigenvalue weighted by molar-refractivity contribution is 5.11. The van der Waals surface area contributed by atoms with E-state index in [1.54, 1.807) is 12.1 Å². The summed E-state index contributed by atoms with van der Waals surface area (Å²) < 4.78 is 42.8. The third-order valence-electron chi connectivity index (χ3n) is 3.46.